The quantitative estimate of drug-likeness (QED) is 0.351. The summed E-state index contributed by atoms with van der Waals surface area (Å²) in [6.45, 7) is 14.2. The zero-order valence-corrected chi connectivity index (χ0v) is 22.3. The Balaban J connectivity index is 0.00000137. The summed E-state index contributed by atoms with van der Waals surface area (Å²) in [4.78, 5) is 14.1. The fraction of sp³-hybridized carbons (Fsp3) is 0.552. The van der Waals surface area contributed by atoms with Gasteiger partial charge in [0.1, 0.15) is 5.75 Å². The summed E-state index contributed by atoms with van der Waals surface area (Å²) in [7, 11) is 4.08. The second-order valence-corrected chi connectivity index (χ2v) is 8.58. The molecule has 2 atom stereocenters. The van der Waals surface area contributed by atoms with Crippen LogP contribution in [0.15, 0.2) is 60.2 Å². The number of nitrogens with zero attached hydrogens (tertiary/aromatic N) is 1. The largest absolute Gasteiger partial charge is 0.450 e. The van der Waals surface area contributed by atoms with E-state index in [9.17, 15) is 9.90 Å². The Kier molecular flexibility index (Phi) is 12.9. The van der Waals surface area contributed by atoms with Crippen LogP contribution in [0.3, 0.4) is 0 Å². The van der Waals surface area contributed by atoms with E-state index >= 15 is 0 Å². The molecule has 0 amide bonds. The van der Waals surface area contributed by atoms with Crippen LogP contribution in [0.1, 0.15) is 78.2 Å². The molecule has 0 radical (unpaired) electrons. The molecule has 1 saturated carbocycles. The highest BCUT2D eigenvalue weighted by atomic mass is 16.7. The second kappa shape index (κ2) is 14.8. The molecule has 2 aliphatic rings. The van der Waals surface area contributed by atoms with E-state index in [-0.39, 0.29) is 11.9 Å². The molecule has 1 aliphatic heterocycles. The van der Waals surface area contributed by atoms with Crippen LogP contribution in [-0.4, -0.2) is 48.5 Å². The molecule has 190 valence electrons. The van der Waals surface area contributed by atoms with Gasteiger partial charge >= 0.3 is 5.97 Å². The van der Waals surface area contributed by atoms with Crippen molar-refractivity contribution in [2.75, 3.05) is 20.6 Å². The van der Waals surface area contributed by atoms with Gasteiger partial charge in [0.25, 0.3) is 6.29 Å². The van der Waals surface area contributed by atoms with Crippen molar-refractivity contribution in [1.29, 1.82) is 0 Å². The lowest BCUT2D eigenvalue weighted by Crippen LogP contribution is -2.42. The van der Waals surface area contributed by atoms with Crippen molar-refractivity contribution in [1.82, 2.24) is 4.90 Å². The van der Waals surface area contributed by atoms with Gasteiger partial charge in [-0.25, -0.2) is 4.79 Å². The van der Waals surface area contributed by atoms with Crippen molar-refractivity contribution in [3.63, 3.8) is 0 Å². The summed E-state index contributed by atoms with van der Waals surface area (Å²) in [5.41, 5.74) is 1.67. The summed E-state index contributed by atoms with van der Waals surface area (Å²) in [6, 6.07) is 7.81. The maximum atomic E-state index is 12.0. The highest BCUT2D eigenvalue weighted by Crippen LogP contribution is 2.40. The minimum Gasteiger partial charge on any atom is -0.450 e. The zero-order valence-electron chi connectivity index (χ0n) is 22.3. The predicted octanol–water partition coefficient (Wildman–Crippen LogP) is 6.40. The molecular weight excluding hydrogens is 426 g/mol. The summed E-state index contributed by atoms with van der Waals surface area (Å²) in [5, 5.41) is 11.4. The minimum absolute atomic E-state index is 0.0411. The first-order valence-corrected chi connectivity index (χ1v) is 12.7. The molecule has 2 unspecified atom stereocenters. The van der Waals surface area contributed by atoms with Gasteiger partial charge in [0, 0.05) is 23.6 Å². The standard InChI is InChI=1S/C25H33NO4.2C2H6/c1-5-6-10-21-18(2)23(27)30-24(21)29-20-13-11-19(12-14-20)22(17-26(3)4)25(28)15-8-7-9-16-25;2*1-2/h5-6,10-14,22,24,28H,1,7-9,15-17H2,2-4H3;2*1-2H3/b10-6-;;. The summed E-state index contributed by atoms with van der Waals surface area (Å²) < 4.78 is 11.3. The first kappa shape index (κ1) is 29.7. The molecule has 0 aromatic heterocycles. The smallest absolute Gasteiger partial charge is 0.337 e. The number of ether oxygens (including phenoxy) is 2. The Hall–Kier alpha value is -2.37. The third-order valence-corrected chi connectivity index (χ3v) is 6.06. The molecule has 1 heterocycles. The Morgan fingerprint density at radius 2 is 1.74 bits per heavy atom. The monoisotopic (exact) mass is 471 g/mol. The van der Waals surface area contributed by atoms with Crippen LogP contribution in [0.4, 0.5) is 0 Å². The van der Waals surface area contributed by atoms with Crippen molar-refractivity contribution >= 4 is 5.97 Å². The predicted molar refractivity (Wildman–Crippen MR) is 141 cm³/mol. The normalized spacial score (nSPS) is 20.1. The van der Waals surface area contributed by atoms with Crippen molar-refractivity contribution < 1.29 is 19.4 Å². The lowest BCUT2D eigenvalue weighted by molar-refractivity contribution is -0.149. The number of allylic oxidation sites excluding steroid dienone is 2. The highest BCUT2D eigenvalue weighted by Gasteiger charge is 2.39. The molecule has 1 aromatic rings. The van der Waals surface area contributed by atoms with Gasteiger partial charge < -0.3 is 19.5 Å². The van der Waals surface area contributed by atoms with Crippen LogP contribution in [0.25, 0.3) is 0 Å². The average Bonchev–Trinajstić information content (AvgIpc) is 3.11. The molecule has 0 saturated heterocycles. The van der Waals surface area contributed by atoms with Gasteiger partial charge in [0.15, 0.2) is 0 Å². The third-order valence-electron chi connectivity index (χ3n) is 6.06. The fourth-order valence-electron chi connectivity index (χ4n) is 4.37. The van der Waals surface area contributed by atoms with Crippen LogP contribution in [-0.2, 0) is 9.53 Å². The number of hydrogen-bond donors (Lipinski definition) is 1. The molecule has 34 heavy (non-hydrogen) atoms. The number of esters is 1. The van der Waals surface area contributed by atoms with Gasteiger partial charge in [-0.15, -0.1) is 0 Å². The van der Waals surface area contributed by atoms with Crippen molar-refractivity contribution in [3.05, 3.63) is 65.8 Å². The average molecular weight is 472 g/mol. The molecule has 3 rings (SSSR count). The van der Waals surface area contributed by atoms with Crippen molar-refractivity contribution in [3.8, 4) is 5.75 Å². The van der Waals surface area contributed by atoms with Gasteiger partial charge in [0.05, 0.1) is 5.60 Å². The maximum absolute atomic E-state index is 12.0. The van der Waals surface area contributed by atoms with E-state index in [1.54, 1.807) is 25.2 Å². The zero-order chi connectivity index (χ0) is 25.7. The summed E-state index contributed by atoms with van der Waals surface area (Å²) in [6.07, 6.45) is 9.45. The Morgan fingerprint density at radius 3 is 2.26 bits per heavy atom. The first-order valence-electron chi connectivity index (χ1n) is 12.7. The van der Waals surface area contributed by atoms with Crippen LogP contribution in [0, 0.1) is 0 Å². The summed E-state index contributed by atoms with van der Waals surface area (Å²) in [5.74, 6) is 0.292. The Bertz CT molecular complexity index is 817. The molecule has 5 heteroatoms. The number of likely N-dealkylation sites (N-methyl/N-ethyl adjacent to an activating group) is 1. The minimum atomic E-state index is -0.764. The Labute approximate surface area is 207 Å². The highest BCUT2D eigenvalue weighted by molar-refractivity contribution is 5.92. The van der Waals surface area contributed by atoms with E-state index in [4.69, 9.17) is 9.47 Å². The molecule has 5 nitrogen and oxygen atoms in total. The van der Waals surface area contributed by atoms with Crippen LogP contribution in [0.2, 0.25) is 0 Å². The number of rotatable bonds is 8. The van der Waals surface area contributed by atoms with Crippen LogP contribution >= 0.6 is 0 Å². The van der Waals surface area contributed by atoms with Gasteiger partial charge in [-0.1, -0.05) is 83.9 Å². The maximum Gasteiger partial charge on any atom is 0.337 e. The molecule has 1 N–H and O–H groups in total. The first-order chi connectivity index (χ1) is 16.3. The van der Waals surface area contributed by atoms with E-state index < -0.39 is 11.9 Å². The summed E-state index contributed by atoms with van der Waals surface area (Å²) >= 11 is 0. The van der Waals surface area contributed by atoms with E-state index in [0.29, 0.717) is 16.9 Å². The number of carbonyl (C=O) groups excluding carboxylic acids is 1. The number of hydrogen-bond acceptors (Lipinski definition) is 5. The Morgan fingerprint density at radius 1 is 1.15 bits per heavy atom. The number of carbonyl (C=O) groups is 1. The third kappa shape index (κ3) is 7.85. The van der Waals surface area contributed by atoms with Crippen molar-refractivity contribution in [2.45, 2.75) is 84.5 Å². The number of benzene rings is 1. The molecular formula is C29H45NO4. The van der Waals surface area contributed by atoms with E-state index in [0.717, 1.165) is 37.8 Å². The lowest BCUT2D eigenvalue weighted by atomic mass is 9.72. The van der Waals surface area contributed by atoms with Gasteiger partial charge in [0.2, 0.25) is 0 Å². The molecule has 0 spiro atoms. The number of aliphatic hydroxyl groups is 1. The van der Waals surface area contributed by atoms with Crippen LogP contribution < -0.4 is 4.74 Å². The van der Waals surface area contributed by atoms with Gasteiger partial charge in [-0.3, -0.25) is 0 Å². The molecule has 1 fully saturated rings. The lowest BCUT2D eigenvalue weighted by Gasteiger charge is -2.40. The fourth-order valence-corrected chi connectivity index (χ4v) is 4.37. The van der Waals surface area contributed by atoms with E-state index in [1.165, 1.54) is 6.42 Å². The van der Waals surface area contributed by atoms with E-state index in [2.05, 4.69) is 11.5 Å². The SMILES string of the molecule is C=C/C=C\C1=C(C)C(=O)OC1Oc1ccc(C(CN(C)C)C2(O)CCCCC2)cc1.CC.CC. The van der Waals surface area contributed by atoms with Gasteiger partial charge in [-0.2, -0.15) is 0 Å². The van der Waals surface area contributed by atoms with Crippen molar-refractivity contribution in [2.24, 2.45) is 0 Å². The topological polar surface area (TPSA) is 59.0 Å². The second-order valence-electron chi connectivity index (χ2n) is 8.58. The van der Waals surface area contributed by atoms with Gasteiger partial charge in [-0.05, 0) is 51.6 Å². The van der Waals surface area contributed by atoms with E-state index in [1.807, 2.05) is 66.1 Å². The molecule has 1 aliphatic carbocycles. The van der Waals surface area contributed by atoms with Crippen LogP contribution in [0.5, 0.6) is 5.75 Å². The number of cyclic esters (lactones) is 1. The molecule has 1 aromatic carbocycles. The molecule has 0 bridgehead atoms.